The third-order valence-electron chi connectivity index (χ3n) is 3.16. The van der Waals surface area contributed by atoms with E-state index in [-0.39, 0.29) is 5.69 Å². The summed E-state index contributed by atoms with van der Waals surface area (Å²) in [4.78, 5) is 12.4. The van der Waals surface area contributed by atoms with Crippen LogP contribution in [0.4, 0.5) is 17.1 Å². The molecule has 0 spiro atoms. The van der Waals surface area contributed by atoms with Crippen molar-refractivity contribution in [2.75, 3.05) is 11.9 Å². The van der Waals surface area contributed by atoms with Crippen LogP contribution >= 0.6 is 15.9 Å². The van der Waals surface area contributed by atoms with Crippen LogP contribution in [0, 0.1) is 21.4 Å². The maximum atomic E-state index is 10.8. The van der Waals surface area contributed by atoms with Crippen LogP contribution < -0.4 is 4.90 Å². The first kappa shape index (κ1) is 15.0. The molecule has 0 saturated carbocycles. The van der Waals surface area contributed by atoms with Gasteiger partial charge in [0.05, 0.1) is 16.6 Å². The molecule has 5 nitrogen and oxygen atoms in total. The van der Waals surface area contributed by atoms with E-state index in [1.165, 1.54) is 6.07 Å². The fraction of sp³-hybridized carbons (Fsp3) is 0.133. The molecule has 0 fully saturated rings. The molecule has 2 aromatic rings. The Kier molecular flexibility index (Phi) is 4.55. The van der Waals surface area contributed by atoms with Crippen LogP contribution in [-0.4, -0.2) is 12.0 Å². The highest BCUT2D eigenvalue weighted by atomic mass is 79.9. The van der Waals surface area contributed by atoms with Crippen molar-refractivity contribution in [2.24, 2.45) is 0 Å². The summed E-state index contributed by atoms with van der Waals surface area (Å²) in [6, 6.07) is 14.0. The first-order valence-electron chi connectivity index (χ1n) is 6.14. The molecule has 0 aliphatic rings. The van der Waals surface area contributed by atoms with Crippen LogP contribution in [0.2, 0.25) is 0 Å². The number of alkyl halides is 1. The predicted molar refractivity (Wildman–Crippen MR) is 84.9 cm³/mol. The van der Waals surface area contributed by atoms with Crippen molar-refractivity contribution in [3.8, 4) is 6.07 Å². The maximum Gasteiger partial charge on any atom is 0.269 e. The summed E-state index contributed by atoms with van der Waals surface area (Å²) in [5, 5.41) is 20.2. The molecule has 0 N–H and O–H groups in total. The zero-order chi connectivity index (χ0) is 15.4. The zero-order valence-electron chi connectivity index (χ0n) is 11.3. The highest BCUT2D eigenvalue weighted by Gasteiger charge is 2.13. The molecule has 0 aromatic heterocycles. The van der Waals surface area contributed by atoms with Gasteiger partial charge in [-0.3, -0.25) is 10.1 Å². The number of hydrogen-bond donors (Lipinski definition) is 0. The lowest BCUT2D eigenvalue weighted by Gasteiger charge is -2.22. The Hall–Kier alpha value is -2.39. The molecule has 21 heavy (non-hydrogen) atoms. The van der Waals surface area contributed by atoms with Gasteiger partial charge in [-0.05, 0) is 35.9 Å². The molecular weight excluding hydrogens is 334 g/mol. The van der Waals surface area contributed by atoms with Crippen molar-refractivity contribution < 1.29 is 4.92 Å². The third kappa shape index (κ3) is 3.20. The van der Waals surface area contributed by atoms with Gasteiger partial charge < -0.3 is 4.90 Å². The Bertz CT molecular complexity index is 708. The second-order valence-corrected chi connectivity index (χ2v) is 4.98. The Morgan fingerprint density at radius 3 is 2.48 bits per heavy atom. The SMILES string of the molecule is CN(c1ccc(C#N)cc1)c1ccc([N+](=O)[O-])cc1CBr. The van der Waals surface area contributed by atoms with Crippen molar-refractivity contribution in [3.05, 3.63) is 63.7 Å². The lowest BCUT2D eigenvalue weighted by Crippen LogP contribution is -2.11. The number of anilines is 2. The number of nitrogens with zero attached hydrogens (tertiary/aromatic N) is 3. The molecule has 0 aliphatic carbocycles. The number of non-ortho nitro benzene ring substituents is 1. The Labute approximate surface area is 130 Å². The largest absolute Gasteiger partial charge is 0.344 e. The summed E-state index contributed by atoms with van der Waals surface area (Å²) >= 11 is 3.36. The molecule has 6 heteroatoms. The summed E-state index contributed by atoms with van der Waals surface area (Å²) in [5.74, 6) is 0. The first-order chi connectivity index (χ1) is 10.1. The van der Waals surface area contributed by atoms with E-state index in [4.69, 9.17) is 5.26 Å². The topological polar surface area (TPSA) is 70.2 Å². The lowest BCUT2D eigenvalue weighted by atomic mass is 10.1. The minimum atomic E-state index is -0.405. The lowest BCUT2D eigenvalue weighted by molar-refractivity contribution is -0.384. The van der Waals surface area contributed by atoms with Crippen molar-refractivity contribution in [1.82, 2.24) is 0 Å². The minimum Gasteiger partial charge on any atom is -0.344 e. The van der Waals surface area contributed by atoms with E-state index < -0.39 is 4.92 Å². The third-order valence-corrected chi connectivity index (χ3v) is 3.77. The van der Waals surface area contributed by atoms with Gasteiger partial charge in [-0.25, -0.2) is 0 Å². The smallest absolute Gasteiger partial charge is 0.269 e. The van der Waals surface area contributed by atoms with Crippen molar-refractivity contribution in [3.63, 3.8) is 0 Å². The number of halogens is 1. The van der Waals surface area contributed by atoms with Gasteiger partial charge >= 0.3 is 0 Å². The Morgan fingerprint density at radius 2 is 1.95 bits per heavy atom. The first-order valence-corrected chi connectivity index (χ1v) is 7.26. The van der Waals surface area contributed by atoms with Crippen LogP contribution in [0.25, 0.3) is 0 Å². The molecule has 106 valence electrons. The molecule has 2 aromatic carbocycles. The van der Waals surface area contributed by atoms with Crippen LogP contribution in [-0.2, 0) is 5.33 Å². The molecule has 0 amide bonds. The van der Waals surface area contributed by atoms with Gasteiger partial charge in [-0.1, -0.05) is 15.9 Å². The van der Waals surface area contributed by atoms with Gasteiger partial charge in [0.25, 0.3) is 5.69 Å². The van der Waals surface area contributed by atoms with E-state index in [9.17, 15) is 10.1 Å². The normalized spacial score (nSPS) is 9.95. The van der Waals surface area contributed by atoms with E-state index in [1.807, 2.05) is 24.1 Å². The average Bonchev–Trinajstić information content (AvgIpc) is 2.53. The van der Waals surface area contributed by atoms with E-state index in [1.54, 1.807) is 24.3 Å². The summed E-state index contributed by atoms with van der Waals surface area (Å²) in [7, 11) is 1.88. The van der Waals surface area contributed by atoms with Gasteiger partial charge in [0.1, 0.15) is 0 Å². The van der Waals surface area contributed by atoms with Gasteiger partial charge in [-0.15, -0.1) is 0 Å². The van der Waals surface area contributed by atoms with E-state index in [0.717, 1.165) is 16.9 Å². The molecule has 0 heterocycles. The van der Waals surface area contributed by atoms with Crippen LogP contribution in [0.1, 0.15) is 11.1 Å². The van der Waals surface area contributed by atoms with Gasteiger partial charge in [0.15, 0.2) is 0 Å². The van der Waals surface area contributed by atoms with E-state index in [2.05, 4.69) is 22.0 Å². The fourth-order valence-corrected chi connectivity index (χ4v) is 2.47. The van der Waals surface area contributed by atoms with Crippen molar-refractivity contribution in [2.45, 2.75) is 5.33 Å². The predicted octanol–water partition coefficient (Wildman–Crippen LogP) is 4.13. The summed E-state index contributed by atoms with van der Waals surface area (Å²) in [5.41, 5.74) is 3.28. The van der Waals surface area contributed by atoms with E-state index in [0.29, 0.717) is 10.9 Å². The molecule has 0 bridgehead atoms. The monoisotopic (exact) mass is 345 g/mol. The zero-order valence-corrected chi connectivity index (χ0v) is 12.9. The van der Waals surface area contributed by atoms with Crippen molar-refractivity contribution >= 4 is 33.0 Å². The highest BCUT2D eigenvalue weighted by Crippen LogP contribution is 2.31. The Morgan fingerprint density at radius 1 is 1.29 bits per heavy atom. The minimum absolute atomic E-state index is 0.0708. The maximum absolute atomic E-state index is 10.8. The van der Waals surface area contributed by atoms with Gasteiger partial charge in [-0.2, -0.15) is 5.26 Å². The second-order valence-electron chi connectivity index (χ2n) is 4.42. The van der Waals surface area contributed by atoms with Crippen LogP contribution in [0.5, 0.6) is 0 Å². The second kappa shape index (κ2) is 6.37. The number of benzene rings is 2. The summed E-state index contributed by atoms with van der Waals surface area (Å²) < 4.78 is 0. The van der Waals surface area contributed by atoms with Gasteiger partial charge in [0.2, 0.25) is 0 Å². The summed E-state index contributed by atoms with van der Waals surface area (Å²) in [6.07, 6.45) is 0. The molecule has 0 radical (unpaired) electrons. The standard InChI is InChI=1S/C15H12BrN3O2/c1-18(13-4-2-11(10-17)3-5-13)15-7-6-14(19(20)21)8-12(15)9-16/h2-8H,9H2,1H3. The highest BCUT2D eigenvalue weighted by molar-refractivity contribution is 9.08. The van der Waals surface area contributed by atoms with Crippen LogP contribution in [0.15, 0.2) is 42.5 Å². The molecular formula is C15H12BrN3O2. The number of nitriles is 1. The molecule has 0 aliphatic heterocycles. The van der Waals surface area contributed by atoms with E-state index >= 15 is 0 Å². The number of nitro benzene ring substituents is 1. The van der Waals surface area contributed by atoms with Crippen molar-refractivity contribution in [1.29, 1.82) is 5.26 Å². The van der Waals surface area contributed by atoms with Crippen LogP contribution in [0.3, 0.4) is 0 Å². The molecule has 0 saturated heterocycles. The molecule has 2 rings (SSSR count). The average molecular weight is 346 g/mol. The quantitative estimate of drug-likeness (QED) is 0.474. The van der Waals surface area contributed by atoms with Gasteiger partial charge in [0, 0.05) is 35.9 Å². The summed E-state index contributed by atoms with van der Waals surface area (Å²) in [6.45, 7) is 0. The number of rotatable bonds is 4. The Balaban J connectivity index is 2.40. The fourth-order valence-electron chi connectivity index (χ4n) is 2.02. The number of nitro groups is 1. The number of hydrogen-bond acceptors (Lipinski definition) is 4. The molecule has 0 unspecified atom stereocenters. The molecule has 0 atom stereocenters.